The summed E-state index contributed by atoms with van der Waals surface area (Å²) >= 11 is 0. The van der Waals surface area contributed by atoms with Crippen LogP contribution in [0.15, 0.2) is 24.3 Å². The summed E-state index contributed by atoms with van der Waals surface area (Å²) < 4.78 is 5.85. The lowest BCUT2D eigenvalue weighted by molar-refractivity contribution is -0.198. The number of ether oxygens (including phenoxy) is 1. The zero-order valence-corrected chi connectivity index (χ0v) is 22.8. The van der Waals surface area contributed by atoms with Crippen LogP contribution in [0.1, 0.15) is 106 Å². The third-order valence-electron chi connectivity index (χ3n) is 11.7. The van der Waals surface area contributed by atoms with E-state index in [-0.39, 0.29) is 17.5 Å². The smallest absolute Gasteiger partial charge is 0.302 e. The van der Waals surface area contributed by atoms with Crippen LogP contribution in [0.5, 0.6) is 0 Å². The zero-order chi connectivity index (χ0) is 25.1. The summed E-state index contributed by atoms with van der Waals surface area (Å²) in [7, 11) is 0. The maximum Gasteiger partial charge on any atom is 0.302 e. The molecule has 0 bridgehead atoms. The molecule has 0 aromatic heterocycles. The van der Waals surface area contributed by atoms with Crippen molar-refractivity contribution in [3.8, 4) is 0 Å². The third kappa shape index (κ3) is 4.12. The highest BCUT2D eigenvalue weighted by atomic mass is 16.5. The summed E-state index contributed by atoms with van der Waals surface area (Å²) in [6.07, 6.45) is 11.4. The number of hydrogen-bond donors (Lipinski definition) is 1. The summed E-state index contributed by atoms with van der Waals surface area (Å²) in [5.74, 6) is 3.43. The van der Waals surface area contributed by atoms with Crippen molar-refractivity contribution in [1.29, 1.82) is 0 Å². The molecule has 0 aliphatic heterocycles. The Labute approximate surface area is 208 Å². The van der Waals surface area contributed by atoms with Gasteiger partial charge in [-0.3, -0.25) is 4.79 Å². The van der Waals surface area contributed by atoms with Crippen molar-refractivity contribution < 1.29 is 14.6 Å². The number of rotatable bonds is 6. The van der Waals surface area contributed by atoms with Crippen LogP contribution < -0.4 is 0 Å². The lowest BCUT2D eigenvalue weighted by Crippen LogP contribution is -2.60. The Morgan fingerprint density at radius 3 is 2.15 bits per heavy atom. The second-order valence-corrected chi connectivity index (χ2v) is 13.7. The molecule has 4 fully saturated rings. The minimum absolute atomic E-state index is 0.0397. The highest BCUT2D eigenvalue weighted by Crippen LogP contribution is 2.71. The molecule has 4 rings (SSSR count). The van der Waals surface area contributed by atoms with Gasteiger partial charge in [0.1, 0.15) is 6.10 Å². The SMILES string of the molecule is C=C(C)C(O)CCC(=C)[C@H]1CC[C@@]2(C)C1CC[C@H]1[C@H]2CCC2C(C)(C)C(OC(C)=O)CC[C@@]21C. The van der Waals surface area contributed by atoms with E-state index >= 15 is 0 Å². The van der Waals surface area contributed by atoms with Gasteiger partial charge >= 0.3 is 5.97 Å². The third-order valence-corrected chi connectivity index (χ3v) is 11.7. The Morgan fingerprint density at radius 1 is 0.912 bits per heavy atom. The molecular formula is C31H50O3. The number of aliphatic hydroxyl groups is 1. The molecule has 0 saturated heterocycles. The van der Waals surface area contributed by atoms with E-state index in [0.29, 0.717) is 22.7 Å². The average molecular weight is 471 g/mol. The van der Waals surface area contributed by atoms with Gasteiger partial charge in [0, 0.05) is 12.3 Å². The molecular weight excluding hydrogens is 420 g/mol. The van der Waals surface area contributed by atoms with E-state index in [1.165, 1.54) is 50.5 Å². The number of fused-ring (bicyclic) bond motifs is 5. The van der Waals surface area contributed by atoms with E-state index in [0.717, 1.165) is 42.6 Å². The number of carbonyl (C=O) groups excluding carboxylic acids is 1. The monoisotopic (exact) mass is 470 g/mol. The van der Waals surface area contributed by atoms with E-state index in [4.69, 9.17) is 4.74 Å². The van der Waals surface area contributed by atoms with Crippen molar-refractivity contribution in [2.75, 3.05) is 0 Å². The summed E-state index contributed by atoms with van der Waals surface area (Å²) in [6, 6.07) is 0. The Bertz CT molecular complexity index is 827. The molecule has 4 unspecified atom stereocenters. The van der Waals surface area contributed by atoms with Gasteiger partial charge in [0.25, 0.3) is 0 Å². The first-order valence-corrected chi connectivity index (χ1v) is 14.0. The Balaban J connectivity index is 1.50. The molecule has 0 spiro atoms. The Morgan fingerprint density at radius 2 is 1.50 bits per heavy atom. The van der Waals surface area contributed by atoms with Crippen LogP contribution in [0.2, 0.25) is 0 Å². The number of esters is 1. The van der Waals surface area contributed by atoms with Crippen molar-refractivity contribution in [3.05, 3.63) is 24.3 Å². The molecule has 1 N–H and O–H groups in total. The first kappa shape index (κ1) is 26.0. The maximum atomic E-state index is 11.8. The summed E-state index contributed by atoms with van der Waals surface area (Å²) in [4.78, 5) is 11.8. The number of allylic oxidation sites excluding steroid dienone is 1. The van der Waals surface area contributed by atoms with Crippen molar-refractivity contribution in [2.24, 2.45) is 45.8 Å². The second-order valence-electron chi connectivity index (χ2n) is 13.7. The topological polar surface area (TPSA) is 46.5 Å². The van der Waals surface area contributed by atoms with Crippen molar-refractivity contribution in [1.82, 2.24) is 0 Å². The minimum atomic E-state index is -0.402. The van der Waals surface area contributed by atoms with Gasteiger partial charge in [0.15, 0.2) is 0 Å². The van der Waals surface area contributed by atoms with E-state index < -0.39 is 6.10 Å². The molecule has 0 heterocycles. The van der Waals surface area contributed by atoms with Gasteiger partial charge in [-0.25, -0.2) is 0 Å². The van der Waals surface area contributed by atoms with Gasteiger partial charge in [0.05, 0.1) is 6.10 Å². The van der Waals surface area contributed by atoms with Gasteiger partial charge in [0.2, 0.25) is 0 Å². The molecule has 4 saturated carbocycles. The van der Waals surface area contributed by atoms with Crippen molar-refractivity contribution in [2.45, 2.75) is 118 Å². The minimum Gasteiger partial charge on any atom is -0.462 e. The molecule has 9 atom stereocenters. The van der Waals surface area contributed by atoms with Crippen LogP contribution >= 0.6 is 0 Å². The van der Waals surface area contributed by atoms with Crippen LogP contribution in [0, 0.1) is 45.8 Å². The fourth-order valence-electron chi connectivity index (χ4n) is 9.85. The fraction of sp³-hybridized carbons (Fsp3) is 0.839. The molecule has 0 amide bonds. The van der Waals surface area contributed by atoms with E-state index in [2.05, 4.69) is 40.9 Å². The normalized spacial score (nSPS) is 43.7. The quantitative estimate of drug-likeness (QED) is 0.323. The fourth-order valence-corrected chi connectivity index (χ4v) is 9.85. The molecule has 192 valence electrons. The molecule has 0 aromatic rings. The second kappa shape index (κ2) is 9.09. The Kier molecular flexibility index (Phi) is 6.95. The lowest BCUT2D eigenvalue weighted by Gasteiger charge is -2.65. The number of aliphatic hydroxyl groups excluding tert-OH is 1. The average Bonchev–Trinajstić information content (AvgIpc) is 3.11. The predicted molar refractivity (Wildman–Crippen MR) is 139 cm³/mol. The van der Waals surface area contributed by atoms with Crippen LogP contribution in [-0.2, 0) is 9.53 Å². The summed E-state index contributed by atoms with van der Waals surface area (Å²) in [5.41, 5.74) is 3.03. The van der Waals surface area contributed by atoms with E-state index in [1.54, 1.807) is 6.92 Å². The van der Waals surface area contributed by atoms with Crippen molar-refractivity contribution >= 4 is 5.97 Å². The highest BCUT2D eigenvalue weighted by molar-refractivity contribution is 5.66. The first-order valence-electron chi connectivity index (χ1n) is 14.0. The number of carbonyl (C=O) groups is 1. The molecule has 0 radical (unpaired) electrons. The van der Waals surface area contributed by atoms with Crippen molar-refractivity contribution in [3.63, 3.8) is 0 Å². The molecule has 34 heavy (non-hydrogen) atoms. The molecule has 4 aliphatic rings. The van der Waals surface area contributed by atoms with Gasteiger partial charge in [-0.1, -0.05) is 52.0 Å². The highest BCUT2D eigenvalue weighted by Gasteiger charge is 2.64. The van der Waals surface area contributed by atoms with E-state index in [9.17, 15) is 9.90 Å². The van der Waals surface area contributed by atoms with Crippen LogP contribution in [0.3, 0.4) is 0 Å². The molecule has 4 aliphatic carbocycles. The van der Waals surface area contributed by atoms with Crippen LogP contribution in [0.25, 0.3) is 0 Å². The van der Waals surface area contributed by atoms with Gasteiger partial charge < -0.3 is 9.84 Å². The first-order chi connectivity index (χ1) is 15.8. The Hall–Kier alpha value is -1.09. The van der Waals surface area contributed by atoms with Crippen LogP contribution in [0.4, 0.5) is 0 Å². The standard InChI is InChI=1S/C31H50O3/c1-19(2)26(33)13-9-20(3)22-15-17-30(7)23(22)10-11-25-24(30)12-14-27-29(5,6)28(34-21(4)32)16-18-31(25,27)8/h22-28,33H,1,3,9-18H2,2,4-8H3/t22-,23?,24-,25+,26?,27?,28?,30+,31-/m1/s1. The van der Waals surface area contributed by atoms with Gasteiger partial charge in [-0.15, -0.1) is 0 Å². The molecule has 3 heteroatoms. The zero-order valence-electron chi connectivity index (χ0n) is 22.8. The summed E-state index contributed by atoms with van der Waals surface area (Å²) in [5, 5.41) is 10.2. The van der Waals surface area contributed by atoms with Gasteiger partial charge in [-0.05, 0) is 112 Å². The number of hydrogen-bond acceptors (Lipinski definition) is 3. The molecule has 0 aromatic carbocycles. The predicted octanol–water partition coefficient (Wildman–Crippen LogP) is 7.49. The van der Waals surface area contributed by atoms with Gasteiger partial charge in [-0.2, -0.15) is 0 Å². The van der Waals surface area contributed by atoms with E-state index in [1.807, 2.05) is 6.92 Å². The largest absolute Gasteiger partial charge is 0.462 e. The maximum absolute atomic E-state index is 11.8. The van der Waals surface area contributed by atoms with Crippen LogP contribution in [-0.4, -0.2) is 23.3 Å². The summed E-state index contributed by atoms with van der Waals surface area (Å²) in [6.45, 7) is 21.9. The molecule has 3 nitrogen and oxygen atoms in total. The lowest BCUT2D eigenvalue weighted by atomic mass is 9.40.